The molecular weight excluding hydrogens is 823 g/mol. The quantitative estimate of drug-likeness (QED) is 0.0417. The predicted molar refractivity (Wildman–Crippen MR) is 220 cm³/mol. The molecule has 0 saturated carbocycles. The van der Waals surface area contributed by atoms with Crippen LogP contribution in [0.4, 0.5) is 5.69 Å². The summed E-state index contributed by atoms with van der Waals surface area (Å²) in [5, 5.41) is 91.2. The molecule has 1 amide bonds. The zero-order valence-electron chi connectivity index (χ0n) is 32.9. The van der Waals surface area contributed by atoms with Gasteiger partial charge in [0, 0.05) is 54.4 Å². The van der Waals surface area contributed by atoms with E-state index < -0.39 is 86.4 Å². The third-order valence-corrected chi connectivity index (χ3v) is 10.7. The van der Waals surface area contributed by atoms with Crippen LogP contribution in [0.3, 0.4) is 0 Å². The monoisotopic (exact) mass is 871 g/mol. The molecule has 330 valence electrons. The molecule has 0 bridgehead atoms. The van der Waals surface area contributed by atoms with Crippen LogP contribution in [0.25, 0.3) is 33.4 Å². The van der Waals surface area contributed by atoms with E-state index in [1.165, 1.54) is 37.3 Å². The summed E-state index contributed by atoms with van der Waals surface area (Å²) in [5.74, 6) is -1.56. The second-order valence-corrected chi connectivity index (χ2v) is 15.2. The van der Waals surface area contributed by atoms with Crippen molar-refractivity contribution in [1.29, 1.82) is 0 Å². The van der Waals surface area contributed by atoms with Crippen LogP contribution in [0.5, 0.6) is 5.75 Å². The number of hydrogen-bond acceptors (Lipinski definition) is 16. The number of fused-ring (bicyclic) bond motifs is 2. The van der Waals surface area contributed by atoms with Gasteiger partial charge in [-0.1, -0.05) is 18.9 Å². The number of aliphatic hydroxyl groups is 6. The van der Waals surface area contributed by atoms with Gasteiger partial charge in [-0.3, -0.25) is 9.59 Å². The number of ether oxygens (including phenoxy) is 4. The summed E-state index contributed by atoms with van der Waals surface area (Å²) in [5.41, 5.74) is 1.76. The Bertz CT molecular complexity index is 2200. The summed E-state index contributed by atoms with van der Waals surface area (Å²) in [7, 11) is 0. The Hall–Kier alpha value is -4.84. The van der Waals surface area contributed by atoms with Gasteiger partial charge in [0.25, 0.3) is 0 Å². The van der Waals surface area contributed by atoms with Crippen molar-refractivity contribution in [3.8, 4) is 28.2 Å². The molecule has 0 radical (unpaired) electrons. The van der Waals surface area contributed by atoms with E-state index in [2.05, 4.69) is 16.0 Å². The fourth-order valence-corrected chi connectivity index (χ4v) is 7.64. The molecule has 10 atom stereocenters. The van der Waals surface area contributed by atoms with Crippen LogP contribution in [0, 0.1) is 0 Å². The minimum atomic E-state index is -1.79. The minimum Gasteiger partial charge on any atom is -0.508 e. The fourth-order valence-electron chi connectivity index (χ4n) is 7.42. The topological polar surface area (TPSA) is 299 Å². The molecule has 0 spiro atoms. The first kappa shape index (κ1) is 45.7. The molecule has 2 aromatic rings. The number of phenolic OH excluding ortho intramolecular Hbond substituents is 1. The highest BCUT2D eigenvalue weighted by atomic mass is 32.1. The van der Waals surface area contributed by atoms with Crippen molar-refractivity contribution in [3.63, 3.8) is 0 Å². The predicted octanol–water partition coefficient (Wildman–Crippen LogP) is 0.600. The second kappa shape index (κ2) is 20.4. The molecule has 3 aliphatic heterocycles. The number of carbonyl (C=O) groups excluding carboxylic acids is 1. The Balaban J connectivity index is 1.00. The SMILES string of the molecule is CC(=O)N[C@H]1[C@H](OCCCCCCNC(=S)Nc2ccc(-c3c4ccc(=O)cc-4oc4cc(O)ccc34)c(C(=O)O)c2)O[C@H](CO)[C@@H](O)[C@@H]1O[C@@H]1O[C@H](CO)[C@H](O)[C@H](O)[C@H]1O. The van der Waals surface area contributed by atoms with E-state index in [-0.39, 0.29) is 39.8 Å². The minimum absolute atomic E-state index is 0.0370. The van der Waals surface area contributed by atoms with Gasteiger partial charge >= 0.3 is 5.97 Å². The number of hydrogen-bond donors (Lipinski definition) is 11. The first-order valence-electron chi connectivity index (χ1n) is 19.6. The van der Waals surface area contributed by atoms with Gasteiger partial charge in [-0.25, -0.2) is 4.79 Å². The van der Waals surface area contributed by atoms with Crippen LogP contribution in [0.2, 0.25) is 0 Å². The molecule has 2 saturated heterocycles. The molecule has 4 aliphatic rings. The molecule has 20 heteroatoms. The van der Waals surface area contributed by atoms with Gasteiger partial charge in [-0.15, -0.1) is 0 Å². The van der Waals surface area contributed by atoms with E-state index in [1.807, 2.05) is 0 Å². The molecule has 2 aromatic carbocycles. The Morgan fingerprint density at radius 1 is 0.820 bits per heavy atom. The summed E-state index contributed by atoms with van der Waals surface area (Å²) in [4.78, 5) is 36.9. The second-order valence-electron chi connectivity index (χ2n) is 14.8. The number of aliphatic hydroxyl groups excluding tert-OH is 6. The number of phenols is 1. The van der Waals surface area contributed by atoms with Crippen LogP contribution >= 0.6 is 12.2 Å². The lowest BCUT2D eigenvalue weighted by Gasteiger charge is -2.47. The number of anilines is 1. The maximum absolute atomic E-state index is 12.6. The standard InChI is InChI=1S/C41H49N3O16S/c1-19(47)43-32-37(60-40-36(53)35(52)33(50)29(17-45)59-40)34(51)30(18-46)58-39(32)56-13-5-3-2-4-12-42-41(61)44-20-6-9-23(26(14-20)38(54)55)31-24-10-7-21(48)15-27(24)57-28-16-22(49)8-11-25(28)31/h6-11,14-16,29-30,32-37,39-40,45-46,48,50-53H,2-5,12-13,17-18H2,1H3,(H,43,47)(H,54,55)(H2,42,44,61)/t29-,30-,32-,33+,34-,35+,36-,37-,39-,40+/m1/s1. The number of carbonyl (C=O) groups is 2. The highest BCUT2D eigenvalue weighted by Gasteiger charge is 2.51. The molecule has 19 nitrogen and oxygen atoms in total. The van der Waals surface area contributed by atoms with Crippen molar-refractivity contribution in [3.05, 3.63) is 70.4 Å². The number of benzene rings is 3. The van der Waals surface area contributed by atoms with Gasteiger partial charge in [0.15, 0.2) is 23.1 Å². The Morgan fingerprint density at radius 2 is 1.52 bits per heavy atom. The molecule has 11 N–H and O–H groups in total. The third kappa shape index (κ3) is 10.6. The van der Waals surface area contributed by atoms with Gasteiger partial charge in [-0.2, -0.15) is 0 Å². The number of carboxylic acid groups (broad SMARTS) is 1. The fraction of sp³-hybridized carbons (Fsp3) is 0.463. The van der Waals surface area contributed by atoms with Gasteiger partial charge < -0.3 is 80.2 Å². The Kier molecular flexibility index (Phi) is 15.2. The van der Waals surface area contributed by atoms with Crippen molar-refractivity contribution in [2.24, 2.45) is 0 Å². The number of unbranched alkanes of at least 4 members (excludes halogenated alkanes) is 3. The van der Waals surface area contributed by atoms with Crippen LogP contribution in [0.15, 0.2) is 63.8 Å². The zero-order chi connectivity index (χ0) is 44.0. The van der Waals surface area contributed by atoms with E-state index in [1.54, 1.807) is 24.3 Å². The lowest BCUT2D eigenvalue weighted by molar-refractivity contribution is -0.344. The molecule has 6 rings (SSSR count). The number of nitrogens with one attached hydrogen (secondary N) is 3. The van der Waals surface area contributed by atoms with Crippen molar-refractivity contribution in [2.75, 3.05) is 31.7 Å². The lowest BCUT2D eigenvalue weighted by atomic mass is 9.90. The number of carboxylic acids is 1. The number of aromatic hydroxyl groups is 1. The van der Waals surface area contributed by atoms with Crippen molar-refractivity contribution in [2.45, 2.75) is 94.0 Å². The molecule has 2 fully saturated rings. The van der Waals surface area contributed by atoms with E-state index in [4.69, 9.17) is 35.6 Å². The largest absolute Gasteiger partial charge is 0.508 e. The number of aromatic carboxylic acids is 1. The number of amides is 1. The van der Waals surface area contributed by atoms with Gasteiger partial charge in [0.1, 0.15) is 65.9 Å². The van der Waals surface area contributed by atoms with E-state index in [9.17, 15) is 55.2 Å². The first-order chi connectivity index (χ1) is 29.2. The molecule has 3 heterocycles. The molecule has 0 unspecified atom stereocenters. The summed E-state index contributed by atoms with van der Waals surface area (Å²) >= 11 is 5.47. The van der Waals surface area contributed by atoms with Gasteiger partial charge in [0.05, 0.1) is 18.8 Å². The van der Waals surface area contributed by atoms with Crippen molar-refractivity contribution < 1.29 is 73.8 Å². The third-order valence-electron chi connectivity index (χ3n) is 10.5. The maximum atomic E-state index is 12.6. The van der Waals surface area contributed by atoms with E-state index in [0.29, 0.717) is 53.6 Å². The smallest absolute Gasteiger partial charge is 0.336 e. The van der Waals surface area contributed by atoms with E-state index >= 15 is 0 Å². The van der Waals surface area contributed by atoms with Crippen molar-refractivity contribution in [1.82, 2.24) is 10.6 Å². The van der Waals surface area contributed by atoms with E-state index in [0.717, 1.165) is 6.42 Å². The van der Waals surface area contributed by atoms with Crippen LogP contribution in [0.1, 0.15) is 43.0 Å². The molecular formula is C41H49N3O16S. The highest BCUT2D eigenvalue weighted by Crippen LogP contribution is 2.42. The molecule has 61 heavy (non-hydrogen) atoms. The molecule has 0 aromatic heterocycles. The Labute approximate surface area is 353 Å². The normalized spacial score (nSPS) is 26.5. The summed E-state index contributed by atoms with van der Waals surface area (Å²) < 4.78 is 28.9. The van der Waals surface area contributed by atoms with Crippen LogP contribution in [-0.2, 0) is 23.7 Å². The zero-order valence-corrected chi connectivity index (χ0v) is 33.7. The average molecular weight is 872 g/mol. The molecule has 1 aliphatic carbocycles. The van der Waals surface area contributed by atoms with Gasteiger partial charge in [0.2, 0.25) is 5.91 Å². The number of rotatable bonds is 16. The highest BCUT2D eigenvalue weighted by molar-refractivity contribution is 7.80. The Morgan fingerprint density at radius 3 is 2.25 bits per heavy atom. The van der Waals surface area contributed by atoms with Crippen molar-refractivity contribution >= 4 is 45.9 Å². The van der Waals surface area contributed by atoms with Crippen LogP contribution in [-0.4, -0.2) is 146 Å². The average Bonchev–Trinajstić information content (AvgIpc) is 3.22. The summed E-state index contributed by atoms with van der Waals surface area (Å²) in [6.45, 7) is 0.478. The van der Waals surface area contributed by atoms with Gasteiger partial charge in [-0.05, 0) is 67.0 Å². The number of thiocarbonyl (C=S) groups is 1. The summed E-state index contributed by atoms with van der Waals surface area (Å²) in [6.07, 6.45) is -10.8. The summed E-state index contributed by atoms with van der Waals surface area (Å²) in [6, 6.07) is 12.3. The lowest BCUT2D eigenvalue weighted by Crippen LogP contribution is -2.68. The maximum Gasteiger partial charge on any atom is 0.336 e. The van der Waals surface area contributed by atoms with Crippen LogP contribution < -0.4 is 21.4 Å². The first-order valence-corrected chi connectivity index (χ1v) is 20.0.